The molecule has 0 aromatic carbocycles. The topological polar surface area (TPSA) is 58.2 Å². The van der Waals surface area contributed by atoms with Gasteiger partial charge in [0, 0.05) is 12.0 Å². The van der Waals surface area contributed by atoms with Crippen molar-refractivity contribution < 1.29 is 9.59 Å². The van der Waals surface area contributed by atoms with Crippen molar-refractivity contribution in [3.63, 3.8) is 0 Å². The van der Waals surface area contributed by atoms with Gasteiger partial charge in [0.05, 0.1) is 4.32 Å². The van der Waals surface area contributed by atoms with Crippen molar-refractivity contribution in [3.05, 3.63) is 0 Å². The number of carbonyl (C=O) groups excluding carboxylic acids is 2. The quantitative estimate of drug-likeness (QED) is 0.530. The van der Waals surface area contributed by atoms with Crippen LogP contribution in [0.4, 0.5) is 0 Å². The number of hydrogen-bond acceptors (Lipinski definition) is 3. The second-order valence-electron chi connectivity index (χ2n) is 5.53. The highest BCUT2D eigenvalue weighted by atomic mass is 79.9. The highest BCUT2D eigenvalue weighted by molar-refractivity contribution is 9.10. The standard InChI is InChI=1S/C13H25BrN2O2/c1-10(17)13(4,14)9-12(2,3)11(18)16-8-6-7-15-5/h15H,6-9H2,1-5H3,(H,16,18). The maximum atomic E-state index is 12.1. The average molecular weight is 321 g/mol. The van der Waals surface area contributed by atoms with Crippen molar-refractivity contribution in [2.75, 3.05) is 20.1 Å². The molecule has 0 aromatic heterocycles. The van der Waals surface area contributed by atoms with Crippen LogP contribution >= 0.6 is 15.9 Å². The molecule has 0 saturated carbocycles. The molecular weight excluding hydrogens is 296 g/mol. The zero-order valence-corrected chi connectivity index (χ0v) is 13.6. The number of alkyl halides is 1. The van der Waals surface area contributed by atoms with Crippen molar-refractivity contribution in [1.29, 1.82) is 0 Å². The molecule has 18 heavy (non-hydrogen) atoms. The predicted molar refractivity (Wildman–Crippen MR) is 78.0 cm³/mol. The second-order valence-corrected chi connectivity index (χ2v) is 7.28. The fraction of sp³-hybridized carbons (Fsp3) is 0.846. The molecule has 1 amide bonds. The zero-order valence-electron chi connectivity index (χ0n) is 12.0. The lowest BCUT2D eigenvalue weighted by molar-refractivity contribution is -0.130. The summed E-state index contributed by atoms with van der Waals surface area (Å²) >= 11 is 3.40. The predicted octanol–water partition coefficient (Wildman–Crippen LogP) is 1.87. The van der Waals surface area contributed by atoms with Gasteiger partial charge in [-0.1, -0.05) is 29.8 Å². The molecule has 0 aromatic rings. The minimum Gasteiger partial charge on any atom is -0.356 e. The van der Waals surface area contributed by atoms with Crippen LogP contribution in [0.1, 0.15) is 40.5 Å². The third-order valence-corrected chi connectivity index (χ3v) is 3.85. The highest BCUT2D eigenvalue weighted by Crippen LogP contribution is 2.34. The molecule has 2 N–H and O–H groups in total. The van der Waals surface area contributed by atoms with E-state index in [2.05, 4.69) is 26.6 Å². The molecule has 1 atom stereocenters. The SMILES string of the molecule is CNCCCNC(=O)C(C)(C)CC(C)(Br)C(C)=O. The van der Waals surface area contributed by atoms with Gasteiger partial charge in [-0.2, -0.15) is 0 Å². The summed E-state index contributed by atoms with van der Waals surface area (Å²) in [5, 5.41) is 5.94. The van der Waals surface area contributed by atoms with Crippen LogP contribution in [-0.2, 0) is 9.59 Å². The second kappa shape index (κ2) is 7.24. The first-order valence-corrected chi connectivity index (χ1v) is 7.05. The molecule has 0 rings (SSSR count). The van der Waals surface area contributed by atoms with Gasteiger partial charge in [-0.15, -0.1) is 0 Å². The zero-order chi connectivity index (χ0) is 14.4. The molecule has 1 unspecified atom stereocenters. The van der Waals surface area contributed by atoms with Gasteiger partial charge >= 0.3 is 0 Å². The molecule has 4 nitrogen and oxygen atoms in total. The molecule has 0 radical (unpaired) electrons. The van der Waals surface area contributed by atoms with Gasteiger partial charge in [-0.3, -0.25) is 9.59 Å². The normalized spacial score (nSPS) is 15.0. The van der Waals surface area contributed by atoms with Crippen LogP contribution < -0.4 is 10.6 Å². The summed E-state index contributed by atoms with van der Waals surface area (Å²) in [6, 6.07) is 0. The van der Waals surface area contributed by atoms with E-state index in [9.17, 15) is 9.59 Å². The van der Waals surface area contributed by atoms with E-state index in [0.29, 0.717) is 13.0 Å². The van der Waals surface area contributed by atoms with Crippen molar-refractivity contribution in [1.82, 2.24) is 10.6 Å². The summed E-state index contributed by atoms with van der Waals surface area (Å²) in [5.41, 5.74) is -0.566. The van der Waals surface area contributed by atoms with E-state index in [1.54, 1.807) is 0 Å². The molecule has 0 fully saturated rings. The van der Waals surface area contributed by atoms with Crippen LogP contribution in [0.5, 0.6) is 0 Å². The van der Waals surface area contributed by atoms with Gasteiger partial charge in [0.15, 0.2) is 0 Å². The number of carbonyl (C=O) groups is 2. The first kappa shape index (κ1) is 17.6. The summed E-state index contributed by atoms with van der Waals surface area (Å²) < 4.78 is -0.640. The minimum absolute atomic E-state index is 0.00877. The molecule has 0 aliphatic rings. The van der Waals surface area contributed by atoms with E-state index in [1.165, 1.54) is 6.92 Å². The van der Waals surface area contributed by atoms with Gasteiger partial charge in [0.1, 0.15) is 5.78 Å². The van der Waals surface area contributed by atoms with Gasteiger partial charge < -0.3 is 10.6 Å². The van der Waals surface area contributed by atoms with Crippen LogP contribution in [0.2, 0.25) is 0 Å². The van der Waals surface area contributed by atoms with Gasteiger partial charge in [0.25, 0.3) is 0 Å². The first-order valence-electron chi connectivity index (χ1n) is 6.26. The lowest BCUT2D eigenvalue weighted by Gasteiger charge is -2.30. The monoisotopic (exact) mass is 320 g/mol. The summed E-state index contributed by atoms with van der Waals surface area (Å²) in [6.45, 7) is 8.61. The molecule has 0 aliphatic heterocycles. The molecule has 0 heterocycles. The maximum Gasteiger partial charge on any atom is 0.225 e. The van der Waals surface area contributed by atoms with Gasteiger partial charge in [-0.05, 0) is 40.3 Å². The third-order valence-electron chi connectivity index (χ3n) is 3.01. The number of halogens is 1. The third kappa shape index (κ3) is 5.96. The molecular formula is C13H25BrN2O2. The smallest absolute Gasteiger partial charge is 0.225 e. The van der Waals surface area contributed by atoms with Crippen LogP contribution in [0.25, 0.3) is 0 Å². The molecule has 0 bridgehead atoms. The average Bonchev–Trinajstić information content (AvgIpc) is 2.22. The number of ketones is 1. The Morgan fingerprint density at radius 3 is 2.17 bits per heavy atom. The molecule has 106 valence electrons. The number of hydrogen-bond donors (Lipinski definition) is 2. The van der Waals surface area contributed by atoms with Crippen molar-refractivity contribution in [2.24, 2.45) is 5.41 Å². The Labute approximate surface area is 118 Å². The lowest BCUT2D eigenvalue weighted by atomic mass is 9.81. The van der Waals surface area contributed by atoms with E-state index in [0.717, 1.165) is 13.0 Å². The summed E-state index contributed by atoms with van der Waals surface area (Å²) in [7, 11) is 1.88. The van der Waals surface area contributed by atoms with Crippen LogP contribution in [0.15, 0.2) is 0 Å². The van der Waals surface area contributed by atoms with Crippen LogP contribution in [-0.4, -0.2) is 36.2 Å². The van der Waals surface area contributed by atoms with Gasteiger partial charge in [0.2, 0.25) is 5.91 Å². The van der Waals surface area contributed by atoms with Crippen LogP contribution in [0.3, 0.4) is 0 Å². The Balaban J connectivity index is 4.35. The fourth-order valence-electron chi connectivity index (χ4n) is 1.74. The maximum absolute atomic E-state index is 12.1. The van der Waals surface area contributed by atoms with Crippen LogP contribution in [0, 0.1) is 5.41 Å². The lowest BCUT2D eigenvalue weighted by Crippen LogP contribution is -2.43. The van der Waals surface area contributed by atoms with E-state index < -0.39 is 9.74 Å². The number of amides is 1. The van der Waals surface area contributed by atoms with Crippen molar-refractivity contribution in [3.8, 4) is 0 Å². The Morgan fingerprint density at radius 1 is 1.17 bits per heavy atom. The Hall–Kier alpha value is -0.420. The highest BCUT2D eigenvalue weighted by Gasteiger charge is 2.38. The number of nitrogens with one attached hydrogen (secondary N) is 2. The number of rotatable bonds is 8. The largest absolute Gasteiger partial charge is 0.356 e. The van der Waals surface area contributed by atoms with Gasteiger partial charge in [-0.25, -0.2) is 0 Å². The number of Topliss-reactive ketones (excluding diaryl/α,β-unsaturated/α-hetero) is 1. The van der Waals surface area contributed by atoms with Crippen molar-refractivity contribution >= 4 is 27.6 Å². The molecule has 0 saturated heterocycles. The van der Waals surface area contributed by atoms with Crippen molar-refractivity contribution in [2.45, 2.75) is 44.9 Å². The molecule has 0 aliphatic carbocycles. The summed E-state index contributed by atoms with van der Waals surface area (Å²) in [6.07, 6.45) is 1.38. The fourth-order valence-corrected chi connectivity index (χ4v) is 2.44. The Bertz CT molecular complexity index is 301. The summed E-state index contributed by atoms with van der Waals surface area (Å²) in [4.78, 5) is 23.5. The minimum atomic E-state index is -0.640. The molecule has 5 heteroatoms. The first-order chi connectivity index (χ1) is 8.13. The summed E-state index contributed by atoms with van der Waals surface area (Å²) in [5.74, 6) is 0.0316. The van der Waals surface area contributed by atoms with E-state index in [-0.39, 0.29) is 11.7 Å². The molecule has 0 spiro atoms. The Kier molecular flexibility index (Phi) is 7.07. The van der Waals surface area contributed by atoms with E-state index in [1.807, 2.05) is 27.8 Å². The van der Waals surface area contributed by atoms with E-state index >= 15 is 0 Å². The van der Waals surface area contributed by atoms with E-state index in [4.69, 9.17) is 0 Å². The Morgan fingerprint density at radius 2 is 1.72 bits per heavy atom.